The predicted octanol–water partition coefficient (Wildman–Crippen LogP) is 3.17. The maximum absolute atomic E-state index is 10.7. The number of hydrogen-bond donors (Lipinski definition) is 0. The van der Waals surface area contributed by atoms with E-state index in [9.17, 15) is 4.79 Å². The number of rotatable bonds is 2. The van der Waals surface area contributed by atoms with Crippen molar-refractivity contribution in [3.63, 3.8) is 0 Å². The predicted molar refractivity (Wildman–Crippen MR) is 68.2 cm³/mol. The SMILES string of the molecule is O=Cc1ccc2c(-c3nccs3)cccc2n1. The molecule has 1 aromatic carbocycles. The second kappa shape index (κ2) is 4.07. The van der Waals surface area contributed by atoms with E-state index in [2.05, 4.69) is 9.97 Å². The summed E-state index contributed by atoms with van der Waals surface area (Å²) in [4.78, 5) is 19.3. The molecule has 0 atom stereocenters. The van der Waals surface area contributed by atoms with Crippen molar-refractivity contribution in [1.82, 2.24) is 9.97 Å². The Morgan fingerprint density at radius 1 is 1.18 bits per heavy atom. The van der Waals surface area contributed by atoms with Gasteiger partial charge in [-0.05, 0) is 18.2 Å². The highest BCUT2D eigenvalue weighted by Gasteiger charge is 2.06. The van der Waals surface area contributed by atoms with E-state index in [-0.39, 0.29) is 0 Å². The van der Waals surface area contributed by atoms with Crippen molar-refractivity contribution in [2.45, 2.75) is 0 Å². The quantitative estimate of drug-likeness (QED) is 0.646. The third kappa shape index (κ3) is 1.72. The molecular formula is C13H8N2OS. The van der Waals surface area contributed by atoms with Crippen LogP contribution in [-0.2, 0) is 0 Å². The number of thiazole rings is 1. The molecule has 82 valence electrons. The van der Waals surface area contributed by atoms with Crippen molar-refractivity contribution in [3.05, 3.63) is 47.6 Å². The van der Waals surface area contributed by atoms with E-state index in [0.29, 0.717) is 5.69 Å². The van der Waals surface area contributed by atoms with Crippen LogP contribution >= 0.6 is 11.3 Å². The molecule has 0 amide bonds. The van der Waals surface area contributed by atoms with Gasteiger partial charge in [-0.2, -0.15) is 0 Å². The molecule has 0 aliphatic carbocycles. The summed E-state index contributed by atoms with van der Waals surface area (Å²) in [5.41, 5.74) is 2.33. The molecule has 2 heterocycles. The Morgan fingerprint density at radius 3 is 2.88 bits per heavy atom. The molecule has 4 heteroatoms. The number of aromatic nitrogens is 2. The molecule has 3 aromatic rings. The van der Waals surface area contributed by atoms with Gasteiger partial charge in [0, 0.05) is 22.5 Å². The second-order valence-corrected chi connectivity index (χ2v) is 4.46. The number of fused-ring (bicyclic) bond motifs is 1. The van der Waals surface area contributed by atoms with Gasteiger partial charge < -0.3 is 0 Å². The standard InChI is InChI=1S/C13H8N2OS/c16-8-9-4-5-10-11(13-14-6-7-17-13)2-1-3-12(10)15-9/h1-8H. The van der Waals surface area contributed by atoms with Crippen LogP contribution in [-0.4, -0.2) is 16.3 Å². The van der Waals surface area contributed by atoms with Crippen molar-refractivity contribution in [2.24, 2.45) is 0 Å². The zero-order valence-electron chi connectivity index (χ0n) is 8.83. The van der Waals surface area contributed by atoms with E-state index >= 15 is 0 Å². The number of hydrogen-bond acceptors (Lipinski definition) is 4. The lowest BCUT2D eigenvalue weighted by molar-refractivity contribution is 0.111. The summed E-state index contributed by atoms with van der Waals surface area (Å²) in [7, 11) is 0. The lowest BCUT2D eigenvalue weighted by Gasteiger charge is -2.03. The molecule has 0 saturated carbocycles. The van der Waals surface area contributed by atoms with Crippen LogP contribution < -0.4 is 0 Å². The summed E-state index contributed by atoms with van der Waals surface area (Å²) in [6.45, 7) is 0. The number of nitrogens with zero attached hydrogens (tertiary/aromatic N) is 2. The zero-order chi connectivity index (χ0) is 11.7. The van der Waals surface area contributed by atoms with Gasteiger partial charge >= 0.3 is 0 Å². The largest absolute Gasteiger partial charge is 0.296 e. The van der Waals surface area contributed by atoms with Crippen molar-refractivity contribution < 1.29 is 4.79 Å². The van der Waals surface area contributed by atoms with E-state index in [4.69, 9.17) is 0 Å². The van der Waals surface area contributed by atoms with Crippen LogP contribution in [0.2, 0.25) is 0 Å². The van der Waals surface area contributed by atoms with E-state index in [1.807, 2.05) is 29.6 Å². The van der Waals surface area contributed by atoms with Gasteiger partial charge in [-0.1, -0.05) is 12.1 Å². The van der Waals surface area contributed by atoms with Gasteiger partial charge in [0.1, 0.15) is 10.7 Å². The van der Waals surface area contributed by atoms with Gasteiger partial charge in [0.15, 0.2) is 6.29 Å². The summed E-state index contributed by atoms with van der Waals surface area (Å²) >= 11 is 1.59. The van der Waals surface area contributed by atoms with Crippen molar-refractivity contribution in [3.8, 4) is 10.6 Å². The Labute approximate surface area is 102 Å². The first-order valence-corrected chi connectivity index (χ1v) is 6.01. The van der Waals surface area contributed by atoms with Gasteiger partial charge in [-0.3, -0.25) is 4.79 Å². The number of aldehydes is 1. The maximum Gasteiger partial charge on any atom is 0.168 e. The molecule has 0 unspecified atom stereocenters. The summed E-state index contributed by atoms with van der Waals surface area (Å²) in [5, 5.41) is 3.94. The van der Waals surface area contributed by atoms with Crippen LogP contribution in [0.5, 0.6) is 0 Å². The molecule has 17 heavy (non-hydrogen) atoms. The van der Waals surface area contributed by atoms with Crippen LogP contribution in [0.3, 0.4) is 0 Å². The zero-order valence-corrected chi connectivity index (χ0v) is 9.65. The summed E-state index contributed by atoms with van der Waals surface area (Å²) < 4.78 is 0. The minimum absolute atomic E-state index is 0.453. The van der Waals surface area contributed by atoms with Gasteiger partial charge in [-0.25, -0.2) is 9.97 Å². The molecule has 3 rings (SSSR count). The van der Waals surface area contributed by atoms with E-state index in [1.54, 1.807) is 23.6 Å². The van der Waals surface area contributed by atoms with Crippen LogP contribution in [0.25, 0.3) is 21.5 Å². The molecule has 3 nitrogen and oxygen atoms in total. The lowest BCUT2D eigenvalue weighted by Crippen LogP contribution is -1.88. The lowest BCUT2D eigenvalue weighted by atomic mass is 10.1. The molecule has 0 fully saturated rings. The summed E-state index contributed by atoms with van der Waals surface area (Å²) in [6, 6.07) is 9.50. The number of carbonyl (C=O) groups excluding carboxylic acids is 1. The fraction of sp³-hybridized carbons (Fsp3) is 0. The summed E-state index contributed by atoms with van der Waals surface area (Å²) in [6.07, 6.45) is 2.54. The van der Waals surface area contributed by atoms with Crippen molar-refractivity contribution in [2.75, 3.05) is 0 Å². The minimum Gasteiger partial charge on any atom is -0.296 e. The van der Waals surface area contributed by atoms with Crippen molar-refractivity contribution >= 4 is 28.5 Å². The topological polar surface area (TPSA) is 42.9 Å². The third-order valence-electron chi connectivity index (χ3n) is 2.54. The first-order valence-electron chi connectivity index (χ1n) is 5.13. The van der Waals surface area contributed by atoms with Gasteiger partial charge in [-0.15, -0.1) is 11.3 Å². The fourth-order valence-corrected chi connectivity index (χ4v) is 2.46. The Morgan fingerprint density at radius 2 is 2.12 bits per heavy atom. The van der Waals surface area contributed by atoms with E-state index < -0.39 is 0 Å². The maximum atomic E-state index is 10.7. The Bertz CT molecular complexity index is 677. The van der Waals surface area contributed by atoms with Gasteiger partial charge in [0.2, 0.25) is 0 Å². The molecule has 0 N–H and O–H groups in total. The van der Waals surface area contributed by atoms with Crippen LogP contribution in [0.15, 0.2) is 41.9 Å². The first-order chi connectivity index (χ1) is 8.38. The molecule has 0 aliphatic rings. The Hall–Kier alpha value is -2.07. The first kappa shape index (κ1) is 10.1. The van der Waals surface area contributed by atoms with E-state index in [1.165, 1.54) is 0 Å². The van der Waals surface area contributed by atoms with Crippen molar-refractivity contribution in [1.29, 1.82) is 0 Å². The monoisotopic (exact) mass is 240 g/mol. The van der Waals surface area contributed by atoms with E-state index in [0.717, 1.165) is 27.8 Å². The average Bonchev–Trinajstić information content (AvgIpc) is 2.91. The molecule has 0 aliphatic heterocycles. The van der Waals surface area contributed by atoms with Gasteiger partial charge in [0.05, 0.1) is 5.52 Å². The molecular weight excluding hydrogens is 232 g/mol. The Kier molecular flexibility index (Phi) is 2.42. The molecule has 0 bridgehead atoms. The van der Waals surface area contributed by atoms with Crippen LogP contribution in [0.1, 0.15) is 10.5 Å². The van der Waals surface area contributed by atoms with Gasteiger partial charge in [0.25, 0.3) is 0 Å². The number of benzene rings is 1. The molecule has 0 radical (unpaired) electrons. The Balaban J connectivity index is 2.30. The highest BCUT2D eigenvalue weighted by Crippen LogP contribution is 2.28. The average molecular weight is 240 g/mol. The highest BCUT2D eigenvalue weighted by atomic mass is 32.1. The van der Waals surface area contributed by atoms with Crippen LogP contribution in [0, 0.1) is 0 Å². The molecule has 2 aromatic heterocycles. The number of carbonyl (C=O) groups is 1. The molecule has 0 spiro atoms. The second-order valence-electron chi connectivity index (χ2n) is 3.56. The highest BCUT2D eigenvalue weighted by molar-refractivity contribution is 7.13. The van der Waals surface area contributed by atoms with Crippen LogP contribution in [0.4, 0.5) is 0 Å². The minimum atomic E-state index is 0.453. The fourth-order valence-electron chi connectivity index (χ4n) is 1.78. The third-order valence-corrected chi connectivity index (χ3v) is 3.34. The summed E-state index contributed by atoms with van der Waals surface area (Å²) in [5.74, 6) is 0. The normalized spacial score (nSPS) is 10.6. The smallest absolute Gasteiger partial charge is 0.168 e. The molecule has 0 saturated heterocycles. The number of pyridine rings is 1.